The highest BCUT2D eigenvalue weighted by molar-refractivity contribution is 5.99. The van der Waals surface area contributed by atoms with Gasteiger partial charge in [-0.2, -0.15) is 5.10 Å². The molecule has 134 valence electrons. The molecular weight excluding hydrogens is 336 g/mol. The summed E-state index contributed by atoms with van der Waals surface area (Å²) in [5, 5.41) is 26.0. The Hall–Kier alpha value is -3.55. The molecule has 0 aliphatic carbocycles. The first kappa shape index (κ1) is 18.8. The minimum absolute atomic E-state index is 0.0846. The number of allylic oxidation sites excluding steroid dienone is 2. The number of nitrogens with zero attached hydrogens (tertiary/aromatic N) is 3. The van der Waals surface area contributed by atoms with Crippen LogP contribution in [0.2, 0.25) is 0 Å². The van der Waals surface area contributed by atoms with E-state index in [2.05, 4.69) is 10.5 Å². The average Bonchev–Trinajstić information content (AvgIpc) is 2.60. The van der Waals surface area contributed by atoms with Crippen LogP contribution in [-0.2, 0) is 0 Å². The first-order valence-corrected chi connectivity index (χ1v) is 7.76. The van der Waals surface area contributed by atoms with Gasteiger partial charge in [0.1, 0.15) is 5.69 Å². The molecule has 0 amide bonds. The normalized spacial score (nSPS) is 12.0. The molecule has 0 spiro atoms. The summed E-state index contributed by atoms with van der Waals surface area (Å²) in [6.45, 7) is 5.70. The summed E-state index contributed by atoms with van der Waals surface area (Å²) < 4.78 is 0. The van der Waals surface area contributed by atoms with E-state index in [9.17, 15) is 20.2 Å². The Morgan fingerprint density at radius 1 is 1.04 bits per heavy atom. The van der Waals surface area contributed by atoms with E-state index in [1.165, 1.54) is 17.7 Å². The Labute approximate surface area is 150 Å². The van der Waals surface area contributed by atoms with Gasteiger partial charge in [-0.3, -0.25) is 25.7 Å². The van der Waals surface area contributed by atoms with Gasteiger partial charge in [0.15, 0.2) is 0 Å². The molecule has 8 heteroatoms. The van der Waals surface area contributed by atoms with Crippen LogP contribution >= 0.6 is 0 Å². The van der Waals surface area contributed by atoms with E-state index < -0.39 is 15.5 Å². The molecule has 0 atom stereocenters. The Morgan fingerprint density at radius 2 is 1.69 bits per heavy atom. The lowest BCUT2D eigenvalue weighted by atomic mass is 10.0. The summed E-state index contributed by atoms with van der Waals surface area (Å²) in [6, 6.07) is 11.4. The van der Waals surface area contributed by atoms with Crippen molar-refractivity contribution in [3.8, 4) is 0 Å². The van der Waals surface area contributed by atoms with Crippen molar-refractivity contribution in [3.63, 3.8) is 0 Å². The topological polar surface area (TPSA) is 111 Å². The highest BCUT2D eigenvalue weighted by atomic mass is 16.6. The molecule has 0 fully saturated rings. The Balaban J connectivity index is 2.22. The van der Waals surface area contributed by atoms with Gasteiger partial charge in [0, 0.05) is 6.07 Å². The van der Waals surface area contributed by atoms with Crippen molar-refractivity contribution in [3.05, 3.63) is 79.9 Å². The van der Waals surface area contributed by atoms with E-state index in [0.717, 1.165) is 17.2 Å². The van der Waals surface area contributed by atoms with Crippen LogP contribution < -0.4 is 5.43 Å². The van der Waals surface area contributed by atoms with E-state index in [1.54, 1.807) is 6.92 Å². The fourth-order valence-corrected chi connectivity index (χ4v) is 2.27. The zero-order valence-electron chi connectivity index (χ0n) is 14.6. The fraction of sp³-hybridized carbons (Fsp3) is 0.167. The van der Waals surface area contributed by atoms with Crippen LogP contribution in [0.4, 0.5) is 17.1 Å². The molecule has 1 N–H and O–H groups in total. The van der Waals surface area contributed by atoms with Gasteiger partial charge in [0.2, 0.25) is 0 Å². The highest BCUT2D eigenvalue weighted by Crippen LogP contribution is 2.29. The molecular formula is C18H18N4O4. The van der Waals surface area contributed by atoms with Crippen molar-refractivity contribution in [2.75, 3.05) is 5.43 Å². The number of non-ortho nitro benzene ring substituents is 1. The molecule has 26 heavy (non-hydrogen) atoms. The number of nitro groups is 2. The minimum Gasteiger partial charge on any atom is -0.271 e. The van der Waals surface area contributed by atoms with Gasteiger partial charge in [-0.25, -0.2) is 0 Å². The molecule has 8 nitrogen and oxygen atoms in total. The third kappa shape index (κ3) is 4.73. The molecule has 0 unspecified atom stereocenters. The van der Waals surface area contributed by atoms with Gasteiger partial charge in [0.05, 0.1) is 21.6 Å². The van der Waals surface area contributed by atoms with Gasteiger partial charge in [-0.05, 0) is 44.1 Å². The zero-order valence-corrected chi connectivity index (χ0v) is 14.6. The van der Waals surface area contributed by atoms with Crippen LogP contribution in [0.15, 0.2) is 53.6 Å². The molecule has 0 bridgehead atoms. The predicted molar refractivity (Wildman–Crippen MR) is 101 cm³/mol. The number of benzene rings is 2. The van der Waals surface area contributed by atoms with E-state index in [4.69, 9.17) is 0 Å². The van der Waals surface area contributed by atoms with Crippen LogP contribution in [0.1, 0.15) is 25.0 Å². The molecule has 0 heterocycles. The van der Waals surface area contributed by atoms with Crippen LogP contribution in [0, 0.1) is 27.2 Å². The third-order valence-corrected chi connectivity index (χ3v) is 3.67. The van der Waals surface area contributed by atoms with Crippen LogP contribution in [0.3, 0.4) is 0 Å². The number of hydrogen-bond acceptors (Lipinski definition) is 6. The van der Waals surface area contributed by atoms with Crippen molar-refractivity contribution >= 4 is 28.3 Å². The molecule has 0 saturated heterocycles. The molecule has 0 saturated carbocycles. The number of anilines is 1. The lowest BCUT2D eigenvalue weighted by Gasteiger charge is -2.04. The SMILES string of the molecule is C/C(=C\C(C)=N\Nc1ccc([N+](=O)[O-])cc1[N+](=O)[O-])c1ccc(C)cc1. The predicted octanol–water partition coefficient (Wildman–Crippen LogP) is 4.70. The van der Waals surface area contributed by atoms with Crippen LogP contribution in [-0.4, -0.2) is 15.6 Å². The van der Waals surface area contributed by atoms with Crippen molar-refractivity contribution in [2.45, 2.75) is 20.8 Å². The van der Waals surface area contributed by atoms with Crippen molar-refractivity contribution in [1.82, 2.24) is 0 Å². The van der Waals surface area contributed by atoms with E-state index >= 15 is 0 Å². The fourth-order valence-electron chi connectivity index (χ4n) is 2.27. The smallest absolute Gasteiger partial charge is 0.271 e. The number of aryl methyl sites for hydroxylation is 1. The maximum absolute atomic E-state index is 11.1. The zero-order chi connectivity index (χ0) is 19.3. The second-order valence-electron chi connectivity index (χ2n) is 5.77. The third-order valence-electron chi connectivity index (χ3n) is 3.67. The quantitative estimate of drug-likeness (QED) is 0.459. The Morgan fingerprint density at radius 3 is 2.27 bits per heavy atom. The van der Waals surface area contributed by atoms with Gasteiger partial charge < -0.3 is 0 Å². The lowest BCUT2D eigenvalue weighted by molar-refractivity contribution is -0.393. The summed E-state index contributed by atoms with van der Waals surface area (Å²) >= 11 is 0. The van der Waals surface area contributed by atoms with Crippen LogP contribution in [0.25, 0.3) is 5.57 Å². The monoisotopic (exact) mass is 354 g/mol. The van der Waals surface area contributed by atoms with E-state index in [0.29, 0.717) is 5.71 Å². The van der Waals surface area contributed by atoms with Crippen molar-refractivity contribution < 1.29 is 9.85 Å². The Kier molecular flexibility index (Phi) is 5.79. The average molecular weight is 354 g/mol. The number of nitrogens with one attached hydrogen (secondary N) is 1. The first-order chi connectivity index (χ1) is 12.3. The summed E-state index contributed by atoms with van der Waals surface area (Å²) in [5.41, 5.74) is 5.75. The van der Waals surface area contributed by atoms with E-state index in [-0.39, 0.29) is 11.4 Å². The molecule has 0 aromatic heterocycles. The number of nitro benzene ring substituents is 2. The summed E-state index contributed by atoms with van der Waals surface area (Å²) in [5.74, 6) is 0. The van der Waals surface area contributed by atoms with Gasteiger partial charge in [0.25, 0.3) is 5.69 Å². The molecule has 0 radical (unpaired) electrons. The largest absolute Gasteiger partial charge is 0.301 e. The summed E-state index contributed by atoms with van der Waals surface area (Å²) in [6.07, 6.45) is 1.84. The molecule has 2 aromatic carbocycles. The highest BCUT2D eigenvalue weighted by Gasteiger charge is 2.19. The number of hydrogen-bond donors (Lipinski definition) is 1. The minimum atomic E-state index is -0.687. The first-order valence-electron chi connectivity index (χ1n) is 7.76. The maximum atomic E-state index is 11.1. The standard InChI is InChI=1S/C18H18N4O4/c1-12-4-6-15(7-5-12)13(2)10-14(3)19-20-17-9-8-16(21(23)24)11-18(17)22(25)26/h4-11,20H,1-3H3/b13-10+,19-14+. The summed E-state index contributed by atoms with van der Waals surface area (Å²) in [4.78, 5) is 20.5. The molecule has 2 rings (SSSR count). The molecule has 2 aromatic rings. The second-order valence-corrected chi connectivity index (χ2v) is 5.77. The second kappa shape index (κ2) is 8.02. The van der Waals surface area contributed by atoms with Gasteiger partial charge in [-0.15, -0.1) is 0 Å². The van der Waals surface area contributed by atoms with Gasteiger partial charge in [-0.1, -0.05) is 29.8 Å². The maximum Gasteiger partial charge on any atom is 0.301 e. The molecule has 0 aliphatic rings. The van der Waals surface area contributed by atoms with Crippen LogP contribution in [0.5, 0.6) is 0 Å². The van der Waals surface area contributed by atoms with Crippen molar-refractivity contribution in [2.24, 2.45) is 5.10 Å². The number of rotatable bonds is 6. The molecule has 0 aliphatic heterocycles. The van der Waals surface area contributed by atoms with Crippen molar-refractivity contribution in [1.29, 1.82) is 0 Å². The number of hydrazone groups is 1. The Bertz CT molecular complexity index is 902. The van der Waals surface area contributed by atoms with E-state index in [1.807, 2.05) is 44.2 Å². The lowest BCUT2D eigenvalue weighted by Crippen LogP contribution is -2.00. The van der Waals surface area contributed by atoms with Gasteiger partial charge >= 0.3 is 5.69 Å². The summed E-state index contributed by atoms with van der Waals surface area (Å²) in [7, 11) is 0.